The lowest BCUT2D eigenvalue weighted by atomic mass is 9.96. The molecule has 2 heteroatoms. The molecule has 10 aromatic rings. The van der Waals surface area contributed by atoms with Gasteiger partial charge in [-0.2, -0.15) is 0 Å². The van der Waals surface area contributed by atoms with Crippen molar-refractivity contribution in [3.8, 4) is 44.5 Å². The Morgan fingerprint density at radius 3 is 1.56 bits per heavy atom. The Labute approximate surface area is 314 Å². The second-order valence-corrected chi connectivity index (χ2v) is 13.8. The van der Waals surface area contributed by atoms with Gasteiger partial charge < -0.3 is 9.32 Å². The zero-order chi connectivity index (χ0) is 35.8. The van der Waals surface area contributed by atoms with Crippen molar-refractivity contribution in [2.45, 2.75) is 0 Å². The van der Waals surface area contributed by atoms with Crippen LogP contribution in [-0.2, 0) is 0 Å². The van der Waals surface area contributed by atoms with Gasteiger partial charge in [0.15, 0.2) is 0 Å². The van der Waals surface area contributed by atoms with E-state index in [1.165, 1.54) is 55.3 Å². The SMILES string of the molecule is c1ccc(-c2cccc(N(c3ccc(-c4ccc(-c5cccc(-c6ccc7ccccc7c6)c5)cc4)cc3)c3ccc4oc5ccccc5c4c3)c2)cc1. The van der Waals surface area contributed by atoms with Gasteiger partial charge in [-0.15, -0.1) is 0 Å². The second-order valence-electron chi connectivity index (χ2n) is 13.8. The molecule has 0 atom stereocenters. The van der Waals surface area contributed by atoms with Crippen molar-refractivity contribution >= 4 is 49.8 Å². The van der Waals surface area contributed by atoms with E-state index in [1.54, 1.807) is 0 Å². The Morgan fingerprint density at radius 2 is 0.759 bits per heavy atom. The minimum absolute atomic E-state index is 0.886. The lowest BCUT2D eigenvalue weighted by Crippen LogP contribution is -2.10. The van der Waals surface area contributed by atoms with Gasteiger partial charge in [0, 0.05) is 27.8 Å². The summed E-state index contributed by atoms with van der Waals surface area (Å²) in [4.78, 5) is 2.34. The number of rotatable bonds is 7. The zero-order valence-electron chi connectivity index (χ0n) is 29.6. The third-order valence-corrected chi connectivity index (χ3v) is 10.5. The monoisotopic (exact) mass is 689 g/mol. The van der Waals surface area contributed by atoms with Gasteiger partial charge in [-0.25, -0.2) is 0 Å². The van der Waals surface area contributed by atoms with Crippen LogP contribution in [0.15, 0.2) is 217 Å². The van der Waals surface area contributed by atoms with E-state index in [-0.39, 0.29) is 0 Å². The normalized spacial score (nSPS) is 11.3. The highest BCUT2D eigenvalue weighted by Gasteiger charge is 2.17. The number of fused-ring (bicyclic) bond motifs is 4. The maximum absolute atomic E-state index is 6.20. The van der Waals surface area contributed by atoms with Crippen LogP contribution in [0.3, 0.4) is 0 Å². The molecule has 0 unspecified atom stereocenters. The molecule has 1 heterocycles. The van der Waals surface area contributed by atoms with Crippen molar-refractivity contribution in [1.29, 1.82) is 0 Å². The Morgan fingerprint density at radius 1 is 0.259 bits per heavy atom. The van der Waals surface area contributed by atoms with Crippen molar-refractivity contribution in [2.24, 2.45) is 0 Å². The Hall–Kier alpha value is -7.16. The highest BCUT2D eigenvalue weighted by Crippen LogP contribution is 2.40. The Bertz CT molecular complexity index is 2920. The van der Waals surface area contributed by atoms with Gasteiger partial charge >= 0.3 is 0 Å². The maximum atomic E-state index is 6.20. The molecule has 0 bridgehead atoms. The fourth-order valence-corrected chi connectivity index (χ4v) is 7.66. The van der Waals surface area contributed by atoms with E-state index >= 15 is 0 Å². The van der Waals surface area contributed by atoms with Crippen LogP contribution < -0.4 is 4.90 Å². The summed E-state index contributed by atoms with van der Waals surface area (Å²) >= 11 is 0. The summed E-state index contributed by atoms with van der Waals surface area (Å²) in [6.45, 7) is 0. The topological polar surface area (TPSA) is 16.4 Å². The van der Waals surface area contributed by atoms with Gasteiger partial charge in [0.05, 0.1) is 0 Å². The molecule has 0 radical (unpaired) electrons. The van der Waals surface area contributed by atoms with E-state index in [0.29, 0.717) is 0 Å². The summed E-state index contributed by atoms with van der Waals surface area (Å²) < 4.78 is 6.20. The number of hydrogen-bond donors (Lipinski definition) is 0. The average Bonchev–Trinajstić information content (AvgIpc) is 3.62. The molecule has 0 fully saturated rings. The van der Waals surface area contributed by atoms with Gasteiger partial charge in [0.2, 0.25) is 0 Å². The standard InChI is InChI=1S/C52H35NO/c1-2-10-36(11-3-1)44-16-9-17-47(34-44)53(48-30-31-52-50(35-48)49-18-6-7-19-51(49)54-52)46-28-26-39(27-29-46)38-20-22-40(23-21-38)42-14-8-15-43(32-42)45-25-24-37-12-4-5-13-41(37)33-45/h1-35H. The first-order valence-corrected chi connectivity index (χ1v) is 18.4. The molecular formula is C52H35NO. The van der Waals surface area contributed by atoms with Gasteiger partial charge in [-0.1, -0.05) is 152 Å². The minimum Gasteiger partial charge on any atom is -0.456 e. The van der Waals surface area contributed by atoms with Crippen LogP contribution in [0.25, 0.3) is 77.2 Å². The molecule has 54 heavy (non-hydrogen) atoms. The zero-order valence-corrected chi connectivity index (χ0v) is 29.6. The van der Waals surface area contributed by atoms with Crippen LogP contribution in [0.5, 0.6) is 0 Å². The van der Waals surface area contributed by atoms with E-state index in [2.05, 4.69) is 205 Å². The third-order valence-electron chi connectivity index (χ3n) is 10.5. The third kappa shape index (κ3) is 5.90. The largest absolute Gasteiger partial charge is 0.456 e. The van der Waals surface area contributed by atoms with E-state index in [9.17, 15) is 0 Å². The number of para-hydroxylation sites is 1. The number of benzene rings is 9. The summed E-state index contributed by atoms with van der Waals surface area (Å²) in [6.07, 6.45) is 0. The van der Waals surface area contributed by atoms with E-state index in [1.807, 2.05) is 12.1 Å². The van der Waals surface area contributed by atoms with Crippen LogP contribution in [0, 0.1) is 0 Å². The molecule has 254 valence electrons. The van der Waals surface area contributed by atoms with Gasteiger partial charge in [0.25, 0.3) is 0 Å². The molecule has 0 saturated heterocycles. The molecule has 0 aliphatic carbocycles. The number of anilines is 3. The predicted molar refractivity (Wildman–Crippen MR) is 228 cm³/mol. The van der Waals surface area contributed by atoms with Gasteiger partial charge in [-0.05, 0) is 116 Å². The average molecular weight is 690 g/mol. The maximum Gasteiger partial charge on any atom is 0.135 e. The minimum atomic E-state index is 0.886. The molecule has 0 spiro atoms. The summed E-state index contributed by atoms with van der Waals surface area (Å²) in [5.74, 6) is 0. The molecule has 0 amide bonds. The van der Waals surface area contributed by atoms with Crippen LogP contribution >= 0.6 is 0 Å². The first-order chi connectivity index (χ1) is 26.7. The van der Waals surface area contributed by atoms with Crippen molar-refractivity contribution < 1.29 is 4.42 Å². The van der Waals surface area contributed by atoms with Crippen molar-refractivity contribution in [1.82, 2.24) is 0 Å². The highest BCUT2D eigenvalue weighted by atomic mass is 16.3. The van der Waals surface area contributed by atoms with E-state index in [0.717, 1.165) is 39.0 Å². The molecule has 0 N–H and O–H groups in total. The van der Waals surface area contributed by atoms with E-state index in [4.69, 9.17) is 4.42 Å². The molecule has 9 aromatic carbocycles. The molecule has 2 nitrogen and oxygen atoms in total. The molecule has 10 rings (SSSR count). The second kappa shape index (κ2) is 13.4. The summed E-state index contributed by atoms with van der Waals surface area (Å²) in [7, 11) is 0. The van der Waals surface area contributed by atoms with Crippen molar-refractivity contribution in [2.75, 3.05) is 4.90 Å². The fraction of sp³-hybridized carbons (Fsp3) is 0. The lowest BCUT2D eigenvalue weighted by Gasteiger charge is -2.26. The smallest absolute Gasteiger partial charge is 0.135 e. The van der Waals surface area contributed by atoms with Gasteiger partial charge in [0.1, 0.15) is 11.2 Å². The van der Waals surface area contributed by atoms with Gasteiger partial charge in [-0.3, -0.25) is 0 Å². The highest BCUT2D eigenvalue weighted by molar-refractivity contribution is 6.06. The first-order valence-electron chi connectivity index (χ1n) is 18.4. The number of hydrogen-bond acceptors (Lipinski definition) is 2. The summed E-state index contributed by atoms with van der Waals surface area (Å²) in [6, 6.07) is 76.0. The molecule has 0 aliphatic heterocycles. The van der Waals surface area contributed by atoms with E-state index < -0.39 is 0 Å². The quantitative estimate of drug-likeness (QED) is 0.166. The first kappa shape index (κ1) is 31.6. The molecule has 1 aromatic heterocycles. The Balaban J connectivity index is 0.983. The summed E-state index contributed by atoms with van der Waals surface area (Å²) in [5.41, 5.74) is 14.6. The molecule has 0 aliphatic rings. The van der Waals surface area contributed by atoms with Crippen LogP contribution in [0.1, 0.15) is 0 Å². The number of nitrogens with zero attached hydrogens (tertiary/aromatic N) is 1. The van der Waals surface area contributed by atoms with Crippen molar-refractivity contribution in [3.05, 3.63) is 212 Å². The van der Waals surface area contributed by atoms with Crippen LogP contribution in [0.4, 0.5) is 17.1 Å². The molecule has 0 saturated carbocycles. The van der Waals surface area contributed by atoms with Crippen LogP contribution in [0.2, 0.25) is 0 Å². The Kier molecular flexibility index (Phi) is 7.85. The predicted octanol–water partition coefficient (Wildman–Crippen LogP) is 14.9. The van der Waals surface area contributed by atoms with Crippen molar-refractivity contribution in [3.63, 3.8) is 0 Å². The summed E-state index contributed by atoms with van der Waals surface area (Å²) in [5, 5.41) is 4.74. The fourth-order valence-electron chi connectivity index (χ4n) is 7.66. The van der Waals surface area contributed by atoms with Crippen LogP contribution in [-0.4, -0.2) is 0 Å². The number of furan rings is 1. The lowest BCUT2D eigenvalue weighted by molar-refractivity contribution is 0.669. The molecular weight excluding hydrogens is 655 g/mol.